The number of benzene rings is 4. The van der Waals surface area contributed by atoms with Crippen molar-refractivity contribution in [3.63, 3.8) is 0 Å². The van der Waals surface area contributed by atoms with E-state index in [1.54, 1.807) is 24.4 Å². The van der Waals surface area contributed by atoms with Gasteiger partial charge in [0, 0.05) is 40.5 Å². The highest BCUT2D eigenvalue weighted by molar-refractivity contribution is 6.30. The van der Waals surface area contributed by atoms with Crippen LogP contribution in [0.25, 0.3) is 27.2 Å². The Morgan fingerprint density at radius 3 is 2.35 bits per heavy atom. The molecule has 0 unspecified atom stereocenters. The minimum absolute atomic E-state index is 0.190. The minimum Gasteiger partial charge on any atom is -0.494 e. The molecule has 0 aliphatic carbocycles. The molecule has 1 fully saturated rings. The largest absolute Gasteiger partial charge is 0.494 e. The van der Waals surface area contributed by atoms with Gasteiger partial charge in [0.25, 0.3) is 5.56 Å². The first-order valence-electron chi connectivity index (χ1n) is 12.1. The van der Waals surface area contributed by atoms with Gasteiger partial charge in [0.2, 0.25) is 5.88 Å². The Hall–Kier alpha value is -4.13. The van der Waals surface area contributed by atoms with Gasteiger partial charge in [-0.25, -0.2) is 4.57 Å². The number of hydrogen-bond acceptors (Lipinski definition) is 5. The maximum Gasteiger partial charge on any atom is 0.265 e. The van der Waals surface area contributed by atoms with Gasteiger partial charge in [-0.1, -0.05) is 66.2 Å². The van der Waals surface area contributed by atoms with Crippen molar-refractivity contribution in [2.75, 3.05) is 31.2 Å². The molecule has 2 heterocycles. The quantitative estimate of drug-likeness (QED) is 0.298. The van der Waals surface area contributed by atoms with Crippen molar-refractivity contribution in [1.29, 1.82) is 0 Å². The molecule has 5 aromatic rings. The number of halogens is 1. The second kappa shape index (κ2) is 9.73. The van der Waals surface area contributed by atoms with E-state index in [0.717, 1.165) is 22.1 Å². The highest BCUT2D eigenvalue weighted by Crippen LogP contribution is 2.34. The molecule has 0 bridgehead atoms. The van der Waals surface area contributed by atoms with Crippen LogP contribution in [0.1, 0.15) is 5.56 Å². The lowest BCUT2D eigenvalue weighted by molar-refractivity contribution is 0.122. The number of hydrogen-bond donors (Lipinski definition) is 1. The summed E-state index contributed by atoms with van der Waals surface area (Å²) in [5.74, 6) is -0.190. The standard InChI is InChI=1S/C30H24ClN3O3/c31-21-12-13-27(33-14-16-37-17-15-33)28(18-21)34-29(35)24-10-4-3-9-23(24)25(30(34)36)19-32-26-11-5-7-20-6-1-2-8-22(20)26/h1-13,18-19,36H,14-17H2. The van der Waals surface area contributed by atoms with Gasteiger partial charge in [0.15, 0.2) is 0 Å². The predicted molar refractivity (Wildman–Crippen MR) is 150 cm³/mol. The molecule has 0 amide bonds. The van der Waals surface area contributed by atoms with Crippen molar-refractivity contribution in [3.05, 3.63) is 106 Å². The zero-order valence-corrected chi connectivity index (χ0v) is 20.7. The molecule has 37 heavy (non-hydrogen) atoms. The number of rotatable bonds is 4. The van der Waals surface area contributed by atoms with E-state index in [-0.39, 0.29) is 11.4 Å². The SMILES string of the molecule is O=c1c2ccccc2c(C=Nc2cccc3ccccc23)c(O)n1-c1cc(Cl)ccc1N1CCOCC1. The van der Waals surface area contributed by atoms with Gasteiger partial charge in [0.05, 0.1) is 35.8 Å². The van der Waals surface area contributed by atoms with Crippen LogP contribution in [-0.4, -0.2) is 42.2 Å². The third-order valence-corrected chi connectivity index (χ3v) is 6.97. The fourth-order valence-electron chi connectivity index (χ4n) is 4.92. The third-order valence-electron chi connectivity index (χ3n) is 6.73. The Bertz CT molecular complexity index is 1720. The predicted octanol–water partition coefficient (Wildman–Crippen LogP) is 6.09. The van der Waals surface area contributed by atoms with Crippen LogP contribution in [-0.2, 0) is 4.74 Å². The van der Waals surface area contributed by atoms with Crippen LogP contribution in [0.3, 0.4) is 0 Å². The van der Waals surface area contributed by atoms with Gasteiger partial charge in [-0.3, -0.25) is 9.79 Å². The number of fused-ring (bicyclic) bond motifs is 2. The first kappa shape index (κ1) is 23.3. The highest BCUT2D eigenvalue weighted by atomic mass is 35.5. The fraction of sp³-hybridized carbons (Fsp3) is 0.133. The highest BCUT2D eigenvalue weighted by Gasteiger charge is 2.22. The van der Waals surface area contributed by atoms with Gasteiger partial charge in [-0.05, 0) is 35.7 Å². The van der Waals surface area contributed by atoms with Crippen LogP contribution in [0.2, 0.25) is 5.02 Å². The molecule has 184 valence electrons. The number of aliphatic imine (C=N–C) groups is 1. The Kier molecular flexibility index (Phi) is 6.12. The van der Waals surface area contributed by atoms with Crippen molar-refractivity contribution in [2.45, 2.75) is 0 Å². The number of morpholine rings is 1. The Morgan fingerprint density at radius 2 is 1.54 bits per heavy atom. The molecule has 1 aromatic heterocycles. The molecule has 0 radical (unpaired) electrons. The summed E-state index contributed by atoms with van der Waals surface area (Å²) in [7, 11) is 0. The number of nitrogens with zero attached hydrogens (tertiary/aromatic N) is 3. The van der Waals surface area contributed by atoms with Gasteiger partial charge >= 0.3 is 0 Å². The number of anilines is 1. The van der Waals surface area contributed by atoms with Crippen molar-refractivity contribution in [1.82, 2.24) is 4.57 Å². The van der Waals surface area contributed by atoms with Gasteiger partial charge < -0.3 is 14.7 Å². The van der Waals surface area contributed by atoms with E-state index >= 15 is 0 Å². The molecule has 6 rings (SSSR count). The molecule has 1 saturated heterocycles. The van der Waals surface area contributed by atoms with E-state index in [9.17, 15) is 9.90 Å². The smallest absolute Gasteiger partial charge is 0.265 e. The monoisotopic (exact) mass is 509 g/mol. The lowest BCUT2D eigenvalue weighted by Crippen LogP contribution is -2.37. The summed E-state index contributed by atoms with van der Waals surface area (Å²) in [6.07, 6.45) is 1.63. The van der Waals surface area contributed by atoms with Crippen molar-refractivity contribution < 1.29 is 9.84 Å². The zero-order valence-electron chi connectivity index (χ0n) is 20.0. The lowest BCUT2D eigenvalue weighted by Gasteiger charge is -2.31. The summed E-state index contributed by atoms with van der Waals surface area (Å²) < 4.78 is 6.85. The minimum atomic E-state index is -0.327. The number of ether oxygens (including phenoxy) is 1. The Balaban J connectivity index is 1.58. The van der Waals surface area contributed by atoms with E-state index < -0.39 is 0 Å². The summed E-state index contributed by atoms with van der Waals surface area (Å²) in [6, 6.07) is 26.6. The second-order valence-electron chi connectivity index (χ2n) is 8.91. The van der Waals surface area contributed by atoms with Crippen LogP contribution in [0.5, 0.6) is 5.88 Å². The molecule has 6 nitrogen and oxygen atoms in total. The molecule has 1 aliphatic rings. The van der Waals surface area contributed by atoms with Crippen molar-refractivity contribution in [3.8, 4) is 11.6 Å². The first-order valence-corrected chi connectivity index (χ1v) is 12.5. The molecular formula is C30H24ClN3O3. The molecule has 4 aromatic carbocycles. The normalized spacial score (nSPS) is 14.1. The summed E-state index contributed by atoms with van der Waals surface area (Å²) in [5, 5.41) is 15.3. The molecular weight excluding hydrogens is 486 g/mol. The Labute approximate surface area is 218 Å². The van der Waals surface area contributed by atoms with Crippen LogP contribution in [0.15, 0.2) is 94.7 Å². The molecule has 1 N–H and O–H groups in total. The second-order valence-corrected chi connectivity index (χ2v) is 9.35. The number of aromatic nitrogens is 1. The van der Waals surface area contributed by atoms with Crippen LogP contribution in [0, 0.1) is 0 Å². The summed E-state index contributed by atoms with van der Waals surface area (Å²) >= 11 is 6.40. The van der Waals surface area contributed by atoms with Crippen molar-refractivity contribution >= 4 is 50.7 Å². The number of pyridine rings is 1. The maximum absolute atomic E-state index is 13.8. The van der Waals surface area contributed by atoms with E-state index in [0.29, 0.717) is 53.3 Å². The molecule has 1 aliphatic heterocycles. The molecule has 0 atom stereocenters. The topological polar surface area (TPSA) is 67.1 Å². The molecule has 7 heteroatoms. The van der Waals surface area contributed by atoms with Crippen LogP contribution in [0.4, 0.5) is 11.4 Å². The third kappa shape index (κ3) is 4.24. The fourth-order valence-corrected chi connectivity index (χ4v) is 5.08. The zero-order chi connectivity index (χ0) is 25.4. The van der Waals surface area contributed by atoms with E-state index in [1.807, 2.05) is 66.7 Å². The van der Waals surface area contributed by atoms with Gasteiger partial charge in [-0.2, -0.15) is 0 Å². The van der Waals surface area contributed by atoms with E-state index in [4.69, 9.17) is 21.3 Å². The average molecular weight is 510 g/mol. The van der Waals surface area contributed by atoms with Crippen LogP contribution < -0.4 is 10.5 Å². The average Bonchev–Trinajstić information content (AvgIpc) is 2.94. The van der Waals surface area contributed by atoms with E-state index in [1.165, 1.54) is 4.57 Å². The van der Waals surface area contributed by atoms with Crippen LogP contribution >= 0.6 is 11.6 Å². The van der Waals surface area contributed by atoms with Crippen molar-refractivity contribution in [2.24, 2.45) is 4.99 Å². The summed E-state index contributed by atoms with van der Waals surface area (Å²) in [4.78, 5) is 20.7. The lowest BCUT2D eigenvalue weighted by atomic mass is 10.1. The molecule has 0 spiro atoms. The van der Waals surface area contributed by atoms with E-state index in [2.05, 4.69) is 4.90 Å². The van der Waals surface area contributed by atoms with Gasteiger partial charge in [-0.15, -0.1) is 0 Å². The number of aromatic hydroxyl groups is 1. The Morgan fingerprint density at radius 1 is 0.838 bits per heavy atom. The maximum atomic E-state index is 13.8. The first-order chi connectivity index (χ1) is 18.1. The molecule has 0 saturated carbocycles. The summed E-state index contributed by atoms with van der Waals surface area (Å²) in [5.41, 5.74) is 2.22. The summed E-state index contributed by atoms with van der Waals surface area (Å²) in [6.45, 7) is 2.52. The van der Waals surface area contributed by atoms with Gasteiger partial charge in [0.1, 0.15) is 0 Å².